The molecule has 3 aromatic carbocycles. The second-order valence-electron chi connectivity index (χ2n) is 8.05. The number of carbonyl (C=O) groups excluding carboxylic acids is 2. The summed E-state index contributed by atoms with van der Waals surface area (Å²) in [7, 11) is 0. The average molecular weight is 445 g/mol. The lowest BCUT2D eigenvalue weighted by Gasteiger charge is -2.24. The first-order chi connectivity index (χ1) is 16.2. The van der Waals surface area contributed by atoms with Crippen molar-refractivity contribution in [3.63, 3.8) is 0 Å². The molecule has 2 unspecified atom stereocenters. The molecule has 1 aliphatic carbocycles. The highest BCUT2D eigenvalue weighted by Gasteiger charge is 2.28. The zero-order chi connectivity index (χ0) is 22.9. The van der Waals surface area contributed by atoms with Crippen LogP contribution in [0.3, 0.4) is 0 Å². The molecule has 0 aromatic heterocycles. The molecular weight excluding hydrogens is 416 g/mol. The van der Waals surface area contributed by atoms with Gasteiger partial charge in [0.1, 0.15) is 13.2 Å². The van der Waals surface area contributed by atoms with Crippen molar-refractivity contribution in [1.82, 2.24) is 5.32 Å². The third kappa shape index (κ3) is 6.43. The van der Waals surface area contributed by atoms with E-state index in [0.717, 1.165) is 29.8 Å². The van der Waals surface area contributed by atoms with Crippen LogP contribution in [0.4, 0.5) is 16.2 Å². The van der Waals surface area contributed by atoms with E-state index in [1.807, 2.05) is 91.0 Å². The third-order valence-corrected chi connectivity index (χ3v) is 5.64. The van der Waals surface area contributed by atoms with Crippen LogP contribution in [0.25, 0.3) is 0 Å². The van der Waals surface area contributed by atoms with Crippen LogP contribution < -0.4 is 10.2 Å². The lowest BCUT2D eigenvalue weighted by Crippen LogP contribution is -2.34. The van der Waals surface area contributed by atoms with Crippen LogP contribution in [-0.4, -0.2) is 30.8 Å². The number of rotatable bonds is 8. The van der Waals surface area contributed by atoms with E-state index in [1.165, 1.54) is 0 Å². The number of anilines is 2. The predicted octanol–water partition coefficient (Wildman–Crippen LogP) is 5.22. The van der Waals surface area contributed by atoms with E-state index < -0.39 is 6.09 Å². The second kappa shape index (κ2) is 11.3. The van der Waals surface area contributed by atoms with Crippen molar-refractivity contribution in [3.05, 3.63) is 96.6 Å². The number of nitrogens with zero attached hydrogens (tertiary/aromatic N) is 1. The molecule has 0 saturated heterocycles. The largest absolute Gasteiger partial charge is 0.445 e. The van der Waals surface area contributed by atoms with Crippen LogP contribution in [0.15, 0.2) is 91.0 Å². The number of hydrogen-bond donors (Lipinski definition) is 1. The topological polar surface area (TPSA) is 67.9 Å². The minimum absolute atomic E-state index is 0.0206. The number of ether oxygens (including phenoxy) is 2. The molecule has 33 heavy (non-hydrogen) atoms. The number of alkyl carbamates (subject to hydrolysis) is 1. The van der Waals surface area contributed by atoms with Crippen molar-refractivity contribution in [2.45, 2.75) is 38.0 Å². The molecule has 3 aromatic rings. The van der Waals surface area contributed by atoms with Crippen molar-refractivity contribution in [3.8, 4) is 0 Å². The highest BCUT2D eigenvalue weighted by atomic mass is 16.5. The Balaban J connectivity index is 1.26. The molecule has 0 spiro atoms. The van der Waals surface area contributed by atoms with E-state index in [4.69, 9.17) is 9.47 Å². The predicted molar refractivity (Wildman–Crippen MR) is 127 cm³/mol. The smallest absolute Gasteiger partial charge is 0.407 e. The summed E-state index contributed by atoms with van der Waals surface area (Å²) >= 11 is 0. The van der Waals surface area contributed by atoms with Gasteiger partial charge in [-0.1, -0.05) is 66.7 Å². The van der Waals surface area contributed by atoms with Crippen LogP contribution in [0.1, 0.15) is 24.8 Å². The van der Waals surface area contributed by atoms with E-state index in [2.05, 4.69) is 5.32 Å². The molecule has 0 aliphatic heterocycles. The van der Waals surface area contributed by atoms with Crippen molar-refractivity contribution in [2.24, 2.45) is 0 Å². The molecular formula is C27H28N2O4. The number of nitrogens with one attached hydrogen (secondary N) is 1. The second-order valence-corrected chi connectivity index (χ2v) is 8.05. The Morgan fingerprint density at radius 1 is 0.818 bits per heavy atom. The summed E-state index contributed by atoms with van der Waals surface area (Å²) in [6, 6.07) is 28.6. The summed E-state index contributed by atoms with van der Waals surface area (Å²) in [6.07, 6.45) is 1.72. The van der Waals surface area contributed by atoms with Crippen LogP contribution in [0.2, 0.25) is 0 Å². The van der Waals surface area contributed by atoms with Gasteiger partial charge in [0.15, 0.2) is 0 Å². The fourth-order valence-corrected chi connectivity index (χ4v) is 4.00. The van der Waals surface area contributed by atoms with Crippen molar-refractivity contribution in [1.29, 1.82) is 0 Å². The normalized spacial score (nSPS) is 17.3. The standard InChI is InChI=1S/C27H28N2O4/c30-26(29(23-12-6-2-7-13-23)24-14-8-3-9-15-24)20-32-25-17-16-22(18-25)28-27(31)33-19-21-10-4-1-5-11-21/h1-15,22,25H,16-20H2,(H,28,31). The maximum Gasteiger partial charge on any atom is 0.407 e. The Hall–Kier alpha value is -3.64. The molecule has 6 nitrogen and oxygen atoms in total. The highest BCUT2D eigenvalue weighted by molar-refractivity contribution is 6.01. The fourth-order valence-electron chi connectivity index (χ4n) is 4.00. The Bertz CT molecular complexity index is 988. The first-order valence-corrected chi connectivity index (χ1v) is 11.2. The molecule has 1 fully saturated rings. The Morgan fingerprint density at radius 3 is 2.00 bits per heavy atom. The maximum absolute atomic E-state index is 13.1. The minimum atomic E-state index is -0.431. The van der Waals surface area contributed by atoms with E-state index in [9.17, 15) is 9.59 Å². The molecule has 6 heteroatoms. The van der Waals surface area contributed by atoms with Gasteiger partial charge in [-0.25, -0.2) is 4.79 Å². The van der Waals surface area contributed by atoms with Gasteiger partial charge in [-0.3, -0.25) is 9.69 Å². The first-order valence-electron chi connectivity index (χ1n) is 11.2. The first kappa shape index (κ1) is 22.6. The lowest BCUT2D eigenvalue weighted by molar-refractivity contribution is -0.124. The number of para-hydroxylation sites is 2. The lowest BCUT2D eigenvalue weighted by atomic mass is 10.2. The molecule has 1 aliphatic rings. The van der Waals surface area contributed by atoms with Crippen molar-refractivity contribution in [2.75, 3.05) is 11.5 Å². The van der Waals surface area contributed by atoms with Gasteiger partial charge in [0.25, 0.3) is 5.91 Å². The van der Waals surface area contributed by atoms with Gasteiger partial charge in [-0.05, 0) is 49.1 Å². The zero-order valence-electron chi connectivity index (χ0n) is 18.4. The monoisotopic (exact) mass is 444 g/mol. The van der Waals surface area contributed by atoms with E-state index in [1.54, 1.807) is 4.90 Å². The minimum Gasteiger partial charge on any atom is -0.445 e. The van der Waals surface area contributed by atoms with Crippen LogP contribution in [0, 0.1) is 0 Å². The molecule has 1 N–H and O–H groups in total. The summed E-state index contributed by atoms with van der Waals surface area (Å²) < 4.78 is 11.2. The maximum atomic E-state index is 13.1. The summed E-state index contributed by atoms with van der Waals surface area (Å²) in [5.74, 6) is -0.133. The molecule has 4 rings (SSSR count). The van der Waals surface area contributed by atoms with Crippen LogP contribution in [0.5, 0.6) is 0 Å². The fraction of sp³-hybridized carbons (Fsp3) is 0.259. The Kier molecular flexibility index (Phi) is 7.72. The highest BCUT2D eigenvalue weighted by Crippen LogP contribution is 2.26. The zero-order valence-corrected chi connectivity index (χ0v) is 18.4. The Labute approximate surface area is 194 Å². The van der Waals surface area contributed by atoms with Crippen molar-refractivity contribution < 1.29 is 19.1 Å². The third-order valence-electron chi connectivity index (χ3n) is 5.64. The molecule has 2 amide bonds. The molecule has 0 bridgehead atoms. The van der Waals surface area contributed by atoms with Gasteiger partial charge in [0.2, 0.25) is 0 Å². The van der Waals surface area contributed by atoms with Gasteiger partial charge in [0.05, 0.1) is 6.10 Å². The number of benzene rings is 3. The van der Waals surface area contributed by atoms with E-state index in [-0.39, 0.29) is 31.3 Å². The molecule has 0 heterocycles. The SMILES string of the molecule is O=C(NC1CCC(OCC(=O)N(c2ccccc2)c2ccccc2)C1)OCc1ccccc1. The quantitative estimate of drug-likeness (QED) is 0.518. The summed E-state index contributed by atoms with van der Waals surface area (Å²) in [4.78, 5) is 26.9. The van der Waals surface area contributed by atoms with E-state index in [0.29, 0.717) is 6.42 Å². The Morgan fingerprint density at radius 2 is 1.39 bits per heavy atom. The summed E-state index contributed by atoms with van der Waals surface area (Å²) in [5, 5.41) is 2.90. The van der Waals surface area contributed by atoms with Gasteiger partial charge < -0.3 is 14.8 Å². The van der Waals surface area contributed by atoms with Crippen LogP contribution >= 0.6 is 0 Å². The number of hydrogen-bond acceptors (Lipinski definition) is 4. The van der Waals surface area contributed by atoms with Gasteiger partial charge >= 0.3 is 6.09 Å². The van der Waals surface area contributed by atoms with Gasteiger partial charge in [-0.15, -0.1) is 0 Å². The number of carbonyl (C=O) groups is 2. The summed E-state index contributed by atoms with van der Waals surface area (Å²) in [6.45, 7) is 0.211. The van der Waals surface area contributed by atoms with Gasteiger partial charge in [-0.2, -0.15) is 0 Å². The van der Waals surface area contributed by atoms with Gasteiger partial charge in [0, 0.05) is 17.4 Å². The van der Waals surface area contributed by atoms with Crippen molar-refractivity contribution >= 4 is 23.4 Å². The average Bonchev–Trinajstić information content (AvgIpc) is 3.31. The molecule has 2 atom stereocenters. The molecule has 0 radical (unpaired) electrons. The number of amides is 2. The molecule has 170 valence electrons. The van der Waals surface area contributed by atoms with E-state index >= 15 is 0 Å². The summed E-state index contributed by atoms with van der Waals surface area (Å²) in [5.41, 5.74) is 2.54. The van der Waals surface area contributed by atoms with Crippen LogP contribution in [-0.2, 0) is 20.9 Å². The molecule has 1 saturated carbocycles.